The number of hydrogen-bond acceptors (Lipinski definition) is 3. The zero-order chi connectivity index (χ0) is 11.8. The van der Waals surface area contributed by atoms with Crippen LogP contribution in [0.2, 0.25) is 0 Å². The molecule has 92 valence electrons. The Bertz CT molecular complexity index is 269. The Kier molecular flexibility index (Phi) is 6.11. The summed E-state index contributed by atoms with van der Waals surface area (Å²) in [6.07, 6.45) is 4.15. The Morgan fingerprint density at radius 3 is 3.00 bits per heavy atom. The fourth-order valence-corrected chi connectivity index (χ4v) is 1.64. The Morgan fingerprint density at radius 2 is 2.31 bits per heavy atom. The Labute approximate surface area is 98.0 Å². The van der Waals surface area contributed by atoms with Gasteiger partial charge in [-0.1, -0.05) is 6.92 Å². The molecule has 0 atom stereocenters. The quantitative estimate of drug-likeness (QED) is 0.685. The second-order valence-electron chi connectivity index (χ2n) is 4.00. The van der Waals surface area contributed by atoms with Crippen molar-refractivity contribution in [3.8, 4) is 0 Å². The molecular formula is C12H23N3O. The monoisotopic (exact) mass is 225 g/mol. The maximum atomic E-state index is 5.04. The summed E-state index contributed by atoms with van der Waals surface area (Å²) in [5.41, 5.74) is 2.56. The van der Waals surface area contributed by atoms with Gasteiger partial charge in [-0.2, -0.15) is 5.10 Å². The van der Waals surface area contributed by atoms with Crippen LogP contribution in [0.1, 0.15) is 31.0 Å². The van der Waals surface area contributed by atoms with E-state index in [4.69, 9.17) is 4.74 Å². The minimum atomic E-state index is 0.794. The van der Waals surface area contributed by atoms with Gasteiger partial charge in [-0.05, 0) is 26.3 Å². The van der Waals surface area contributed by atoms with Crippen molar-refractivity contribution < 1.29 is 4.74 Å². The molecule has 1 aromatic heterocycles. The summed E-state index contributed by atoms with van der Waals surface area (Å²) in [6, 6.07) is 0. The van der Waals surface area contributed by atoms with Crippen molar-refractivity contribution in [2.45, 2.75) is 39.8 Å². The first-order chi connectivity index (χ1) is 7.79. The first-order valence-electron chi connectivity index (χ1n) is 6.00. The van der Waals surface area contributed by atoms with Gasteiger partial charge in [0.1, 0.15) is 0 Å². The van der Waals surface area contributed by atoms with Crippen molar-refractivity contribution >= 4 is 0 Å². The van der Waals surface area contributed by atoms with Crippen LogP contribution in [0, 0.1) is 6.92 Å². The van der Waals surface area contributed by atoms with E-state index in [-0.39, 0.29) is 0 Å². The number of nitrogens with zero attached hydrogens (tertiary/aromatic N) is 2. The van der Waals surface area contributed by atoms with Crippen molar-refractivity contribution in [3.05, 3.63) is 17.5 Å². The minimum absolute atomic E-state index is 0.794. The lowest BCUT2D eigenvalue weighted by Gasteiger charge is -2.05. The van der Waals surface area contributed by atoms with Crippen LogP contribution in [0.15, 0.2) is 6.20 Å². The van der Waals surface area contributed by atoms with Crippen LogP contribution >= 0.6 is 0 Å². The first kappa shape index (κ1) is 13.2. The highest BCUT2D eigenvalue weighted by Gasteiger charge is 2.05. The maximum absolute atomic E-state index is 5.04. The normalized spacial score (nSPS) is 10.9. The highest BCUT2D eigenvalue weighted by atomic mass is 16.5. The maximum Gasteiger partial charge on any atom is 0.0537 e. The van der Waals surface area contributed by atoms with E-state index in [0.29, 0.717) is 0 Å². The van der Waals surface area contributed by atoms with Crippen molar-refractivity contribution in [1.29, 1.82) is 0 Å². The average Bonchev–Trinajstić information content (AvgIpc) is 2.62. The third-order valence-electron chi connectivity index (χ3n) is 2.67. The number of aryl methyl sites for hydroxylation is 1. The van der Waals surface area contributed by atoms with Crippen molar-refractivity contribution in [2.24, 2.45) is 0 Å². The number of nitrogens with one attached hydrogen (secondary N) is 1. The van der Waals surface area contributed by atoms with Gasteiger partial charge >= 0.3 is 0 Å². The van der Waals surface area contributed by atoms with E-state index in [2.05, 4.69) is 28.9 Å². The van der Waals surface area contributed by atoms with E-state index < -0.39 is 0 Å². The number of aromatic nitrogens is 2. The van der Waals surface area contributed by atoms with Crippen LogP contribution in [0.5, 0.6) is 0 Å². The third-order valence-corrected chi connectivity index (χ3v) is 2.67. The highest BCUT2D eigenvalue weighted by molar-refractivity contribution is 5.15. The number of hydrogen-bond donors (Lipinski definition) is 1. The van der Waals surface area contributed by atoms with Crippen LogP contribution in [-0.4, -0.2) is 30.0 Å². The lowest BCUT2D eigenvalue weighted by atomic mass is 10.2. The second kappa shape index (κ2) is 7.41. The zero-order valence-corrected chi connectivity index (χ0v) is 10.6. The SMILES string of the molecule is CCCNCc1cnn(CCCOC)c1C. The molecule has 0 aliphatic heterocycles. The van der Waals surface area contributed by atoms with Gasteiger partial charge in [0.15, 0.2) is 0 Å². The van der Waals surface area contributed by atoms with Gasteiger partial charge in [-0.15, -0.1) is 0 Å². The van der Waals surface area contributed by atoms with E-state index in [1.165, 1.54) is 17.7 Å². The van der Waals surface area contributed by atoms with E-state index in [0.717, 1.165) is 32.7 Å². The second-order valence-corrected chi connectivity index (χ2v) is 4.00. The average molecular weight is 225 g/mol. The van der Waals surface area contributed by atoms with Gasteiger partial charge in [-0.25, -0.2) is 0 Å². The highest BCUT2D eigenvalue weighted by Crippen LogP contribution is 2.07. The molecule has 0 saturated heterocycles. The molecule has 1 heterocycles. The van der Waals surface area contributed by atoms with E-state index in [1.54, 1.807) is 7.11 Å². The van der Waals surface area contributed by atoms with E-state index in [9.17, 15) is 0 Å². The lowest BCUT2D eigenvalue weighted by Crippen LogP contribution is -2.14. The summed E-state index contributed by atoms with van der Waals surface area (Å²) in [6.45, 7) is 8.02. The van der Waals surface area contributed by atoms with Crippen LogP contribution in [0.3, 0.4) is 0 Å². The summed E-state index contributed by atoms with van der Waals surface area (Å²) >= 11 is 0. The molecule has 0 aliphatic rings. The molecule has 0 unspecified atom stereocenters. The number of methoxy groups -OCH3 is 1. The van der Waals surface area contributed by atoms with Crippen LogP contribution in [0.4, 0.5) is 0 Å². The van der Waals surface area contributed by atoms with Gasteiger partial charge in [0.25, 0.3) is 0 Å². The molecule has 1 rings (SSSR count). The largest absolute Gasteiger partial charge is 0.385 e. The number of rotatable bonds is 8. The Hall–Kier alpha value is -0.870. The van der Waals surface area contributed by atoms with Crippen LogP contribution in [-0.2, 0) is 17.8 Å². The molecule has 1 aromatic rings. The zero-order valence-electron chi connectivity index (χ0n) is 10.6. The molecule has 4 heteroatoms. The summed E-state index contributed by atoms with van der Waals surface area (Å²) in [7, 11) is 1.73. The summed E-state index contributed by atoms with van der Waals surface area (Å²) < 4.78 is 7.09. The van der Waals surface area contributed by atoms with Crippen LogP contribution in [0.25, 0.3) is 0 Å². The molecule has 0 fully saturated rings. The topological polar surface area (TPSA) is 39.1 Å². The molecule has 0 bridgehead atoms. The molecule has 0 saturated carbocycles. The van der Waals surface area contributed by atoms with Gasteiger partial charge in [0.05, 0.1) is 6.20 Å². The molecule has 0 spiro atoms. The molecule has 0 aromatic carbocycles. The van der Waals surface area contributed by atoms with Gasteiger partial charge in [-0.3, -0.25) is 4.68 Å². The lowest BCUT2D eigenvalue weighted by molar-refractivity contribution is 0.188. The predicted molar refractivity (Wildman–Crippen MR) is 65.5 cm³/mol. The van der Waals surface area contributed by atoms with Crippen molar-refractivity contribution in [1.82, 2.24) is 15.1 Å². The predicted octanol–water partition coefficient (Wildman–Crippen LogP) is 1.73. The Balaban J connectivity index is 2.41. The van der Waals surface area contributed by atoms with Gasteiger partial charge in [0, 0.05) is 38.1 Å². The summed E-state index contributed by atoms with van der Waals surface area (Å²) in [5, 5.41) is 7.78. The molecular weight excluding hydrogens is 202 g/mol. The first-order valence-corrected chi connectivity index (χ1v) is 6.00. The van der Waals surface area contributed by atoms with E-state index in [1.807, 2.05) is 6.20 Å². The van der Waals surface area contributed by atoms with Crippen LogP contribution < -0.4 is 5.32 Å². The van der Waals surface area contributed by atoms with Crippen molar-refractivity contribution in [2.75, 3.05) is 20.3 Å². The molecule has 16 heavy (non-hydrogen) atoms. The smallest absolute Gasteiger partial charge is 0.0537 e. The van der Waals surface area contributed by atoms with E-state index >= 15 is 0 Å². The van der Waals surface area contributed by atoms with Crippen molar-refractivity contribution in [3.63, 3.8) is 0 Å². The van der Waals surface area contributed by atoms with Gasteiger partial charge in [0.2, 0.25) is 0 Å². The molecule has 4 nitrogen and oxygen atoms in total. The fourth-order valence-electron chi connectivity index (χ4n) is 1.64. The molecule has 0 radical (unpaired) electrons. The Morgan fingerprint density at radius 1 is 1.50 bits per heavy atom. The fraction of sp³-hybridized carbons (Fsp3) is 0.750. The summed E-state index contributed by atoms with van der Waals surface area (Å²) in [4.78, 5) is 0. The molecule has 0 aliphatic carbocycles. The standard InChI is InChI=1S/C12H23N3O/c1-4-6-13-9-12-10-14-15(11(12)2)7-5-8-16-3/h10,13H,4-9H2,1-3H3. The summed E-state index contributed by atoms with van der Waals surface area (Å²) in [5.74, 6) is 0. The molecule has 1 N–H and O–H groups in total. The minimum Gasteiger partial charge on any atom is -0.385 e. The molecule has 0 amide bonds. The number of ether oxygens (including phenoxy) is 1. The third kappa shape index (κ3) is 3.94. The van der Waals surface area contributed by atoms with Gasteiger partial charge < -0.3 is 10.1 Å².